The number of aliphatic hydroxyl groups excluding tert-OH is 1. The Labute approximate surface area is 211 Å². The summed E-state index contributed by atoms with van der Waals surface area (Å²) in [4.78, 5) is 32.2. The zero-order valence-corrected chi connectivity index (χ0v) is 20.7. The third-order valence-electron chi connectivity index (χ3n) is 5.84. The van der Waals surface area contributed by atoms with Crippen LogP contribution >= 0.6 is 0 Å². The average Bonchev–Trinajstić information content (AvgIpc) is 3.13. The van der Waals surface area contributed by atoms with Crippen molar-refractivity contribution in [2.45, 2.75) is 33.4 Å². The van der Waals surface area contributed by atoms with Crippen molar-refractivity contribution in [2.24, 2.45) is 5.92 Å². The fourth-order valence-electron chi connectivity index (χ4n) is 4.18. The first-order valence-electron chi connectivity index (χ1n) is 12.0. The Bertz CT molecular complexity index is 1250. The van der Waals surface area contributed by atoms with Crippen molar-refractivity contribution in [2.75, 3.05) is 13.2 Å². The molecule has 0 spiro atoms. The molecule has 4 rings (SSSR count). The number of nitrogens with zero attached hydrogens (tertiary/aromatic N) is 2. The van der Waals surface area contributed by atoms with Crippen molar-refractivity contribution < 1.29 is 24.2 Å². The summed E-state index contributed by atoms with van der Waals surface area (Å²) in [6, 6.07) is 16.9. The summed E-state index contributed by atoms with van der Waals surface area (Å²) >= 11 is 0. The van der Waals surface area contributed by atoms with E-state index in [1.165, 1.54) is 4.90 Å². The SMILES string of the molecule is CCOc1ccccc1[C@H]1/C(=C(\O)c2ccc(OCC(C)C)cc2)C(=O)C(=O)N1Cc1cccnc1. The molecule has 1 fully saturated rings. The molecule has 0 radical (unpaired) electrons. The van der Waals surface area contributed by atoms with E-state index >= 15 is 0 Å². The molecule has 1 saturated heterocycles. The number of carbonyl (C=O) groups is 2. The molecule has 1 amide bonds. The van der Waals surface area contributed by atoms with Gasteiger partial charge in [0.25, 0.3) is 11.7 Å². The fraction of sp³-hybridized carbons (Fsp3) is 0.276. The van der Waals surface area contributed by atoms with Crippen molar-refractivity contribution >= 4 is 17.4 Å². The molecule has 0 aliphatic carbocycles. The van der Waals surface area contributed by atoms with Gasteiger partial charge in [-0.25, -0.2) is 0 Å². The second-order valence-electron chi connectivity index (χ2n) is 8.99. The number of ketones is 1. The Kier molecular flexibility index (Phi) is 7.68. The minimum atomic E-state index is -0.829. The maximum absolute atomic E-state index is 13.3. The fourth-order valence-corrected chi connectivity index (χ4v) is 4.18. The van der Waals surface area contributed by atoms with Crippen molar-refractivity contribution in [1.29, 1.82) is 0 Å². The molecule has 36 heavy (non-hydrogen) atoms. The zero-order chi connectivity index (χ0) is 25.7. The van der Waals surface area contributed by atoms with Crippen LogP contribution < -0.4 is 9.47 Å². The first-order chi connectivity index (χ1) is 17.4. The molecular formula is C29H30N2O5. The van der Waals surface area contributed by atoms with Gasteiger partial charge >= 0.3 is 0 Å². The molecule has 1 atom stereocenters. The van der Waals surface area contributed by atoms with Crippen LogP contribution in [-0.4, -0.2) is 39.9 Å². The standard InChI is InChI=1S/C29H30N2O5/c1-4-35-24-10-6-5-9-23(24)26-25(27(32)21-11-13-22(14-12-21)36-18-19(2)3)28(33)29(34)31(26)17-20-8-7-15-30-16-20/h5-16,19,26,32H,4,17-18H2,1-3H3/b27-25+/t26-/m0/s1. The van der Waals surface area contributed by atoms with E-state index in [9.17, 15) is 14.7 Å². The minimum Gasteiger partial charge on any atom is -0.507 e. The van der Waals surface area contributed by atoms with Crippen LogP contribution in [0.15, 0.2) is 78.6 Å². The van der Waals surface area contributed by atoms with Gasteiger partial charge < -0.3 is 19.5 Å². The minimum absolute atomic E-state index is 0.0203. The van der Waals surface area contributed by atoms with Gasteiger partial charge in [0.2, 0.25) is 0 Å². The van der Waals surface area contributed by atoms with Gasteiger partial charge in [0.05, 0.1) is 24.8 Å². The Morgan fingerprint density at radius 3 is 2.44 bits per heavy atom. The van der Waals surface area contributed by atoms with Gasteiger partial charge in [-0.1, -0.05) is 38.1 Å². The smallest absolute Gasteiger partial charge is 0.295 e. The van der Waals surface area contributed by atoms with Crippen LogP contribution in [0.2, 0.25) is 0 Å². The lowest BCUT2D eigenvalue weighted by Crippen LogP contribution is -2.29. The third kappa shape index (κ3) is 5.25. The van der Waals surface area contributed by atoms with Gasteiger partial charge in [0, 0.05) is 30.1 Å². The summed E-state index contributed by atoms with van der Waals surface area (Å²) in [7, 11) is 0. The van der Waals surface area contributed by atoms with Crippen LogP contribution in [0.4, 0.5) is 0 Å². The number of rotatable bonds is 9. The second kappa shape index (κ2) is 11.1. The van der Waals surface area contributed by atoms with E-state index in [1.807, 2.05) is 31.2 Å². The summed E-state index contributed by atoms with van der Waals surface area (Å²) in [5, 5.41) is 11.3. The number of hydrogen-bond donors (Lipinski definition) is 1. The number of pyridine rings is 1. The second-order valence-corrected chi connectivity index (χ2v) is 8.99. The monoisotopic (exact) mass is 486 g/mol. The topological polar surface area (TPSA) is 89.0 Å². The van der Waals surface area contributed by atoms with Gasteiger partial charge in [-0.3, -0.25) is 14.6 Å². The molecule has 0 bridgehead atoms. The molecule has 1 aliphatic heterocycles. The van der Waals surface area contributed by atoms with Gasteiger partial charge in [-0.2, -0.15) is 0 Å². The molecule has 7 heteroatoms. The molecule has 2 heterocycles. The molecule has 1 aromatic heterocycles. The predicted molar refractivity (Wildman–Crippen MR) is 136 cm³/mol. The van der Waals surface area contributed by atoms with Gasteiger partial charge in [-0.05, 0) is 54.8 Å². The van der Waals surface area contributed by atoms with Crippen molar-refractivity contribution in [1.82, 2.24) is 9.88 Å². The number of Topliss-reactive ketones (excluding diaryl/α,β-unsaturated/α-hetero) is 1. The first-order valence-corrected chi connectivity index (χ1v) is 12.0. The Hall–Kier alpha value is -4.13. The molecule has 186 valence electrons. The maximum atomic E-state index is 13.3. The van der Waals surface area contributed by atoms with Crippen LogP contribution in [-0.2, 0) is 16.1 Å². The Balaban J connectivity index is 1.80. The number of para-hydroxylation sites is 1. The van der Waals surface area contributed by atoms with E-state index in [0.717, 1.165) is 5.56 Å². The predicted octanol–water partition coefficient (Wildman–Crippen LogP) is 5.14. The summed E-state index contributed by atoms with van der Waals surface area (Å²) in [5.41, 5.74) is 1.84. The molecule has 3 aromatic rings. The van der Waals surface area contributed by atoms with Gasteiger partial charge in [-0.15, -0.1) is 0 Å². The molecule has 0 unspecified atom stereocenters. The normalized spacial score (nSPS) is 17.0. The Morgan fingerprint density at radius 2 is 1.78 bits per heavy atom. The van der Waals surface area contributed by atoms with Crippen molar-refractivity contribution in [3.05, 3.63) is 95.3 Å². The van der Waals surface area contributed by atoms with Crippen LogP contribution in [0.25, 0.3) is 5.76 Å². The van der Waals surface area contributed by atoms with Crippen LogP contribution in [0.1, 0.15) is 43.5 Å². The lowest BCUT2D eigenvalue weighted by atomic mass is 9.94. The first kappa shape index (κ1) is 25.0. The number of aliphatic hydroxyl groups is 1. The number of carbonyl (C=O) groups excluding carboxylic acids is 2. The number of ether oxygens (including phenoxy) is 2. The lowest BCUT2D eigenvalue weighted by Gasteiger charge is -2.26. The highest BCUT2D eigenvalue weighted by molar-refractivity contribution is 6.46. The highest BCUT2D eigenvalue weighted by Gasteiger charge is 2.47. The number of hydrogen-bond acceptors (Lipinski definition) is 6. The number of likely N-dealkylation sites (tertiary alicyclic amines) is 1. The van der Waals surface area contributed by atoms with Crippen molar-refractivity contribution in [3.63, 3.8) is 0 Å². The Morgan fingerprint density at radius 1 is 1.03 bits per heavy atom. The van der Waals surface area contributed by atoms with E-state index < -0.39 is 17.7 Å². The molecule has 1 aliphatic rings. The summed E-state index contributed by atoms with van der Waals surface area (Å²) in [6.07, 6.45) is 3.30. The lowest BCUT2D eigenvalue weighted by molar-refractivity contribution is -0.140. The molecule has 7 nitrogen and oxygen atoms in total. The largest absolute Gasteiger partial charge is 0.507 e. The van der Waals surface area contributed by atoms with Crippen LogP contribution in [0.3, 0.4) is 0 Å². The zero-order valence-electron chi connectivity index (χ0n) is 20.7. The number of benzene rings is 2. The summed E-state index contributed by atoms with van der Waals surface area (Å²) < 4.78 is 11.6. The molecule has 2 aromatic carbocycles. The quantitative estimate of drug-likeness (QED) is 0.256. The molecule has 0 saturated carbocycles. The molecular weight excluding hydrogens is 456 g/mol. The number of amides is 1. The van der Waals surface area contributed by atoms with E-state index in [1.54, 1.807) is 48.8 Å². The van der Waals surface area contributed by atoms with E-state index in [4.69, 9.17) is 9.47 Å². The van der Waals surface area contributed by atoms with Crippen molar-refractivity contribution in [3.8, 4) is 11.5 Å². The van der Waals surface area contributed by atoms with Crippen LogP contribution in [0.5, 0.6) is 11.5 Å². The summed E-state index contributed by atoms with van der Waals surface area (Å²) in [6.45, 7) is 7.13. The maximum Gasteiger partial charge on any atom is 0.295 e. The van der Waals surface area contributed by atoms with E-state index in [-0.39, 0.29) is 17.9 Å². The van der Waals surface area contributed by atoms with Gasteiger partial charge in [0.1, 0.15) is 17.3 Å². The highest BCUT2D eigenvalue weighted by Crippen LogP contribution is 2.43. The number of aromatic nitrogens is 1. The average molecular weight is 487 g/mol. The van der Waals surface area contributed by atoms with E-state index in [2.05, 4.69) is 18.8 Å². The highest BCUT2D eigenvalue weighted by atomic mass is 16.5. The molecule has 1 N–H and O–H groups in total. The van der Waals surface area contributed by atoms with Crippen LogP contribution in [0, 0.1) is 5.92 Å². The van der Waals surface area contributed by atoms with E-state index in [0.29, 0.717) is 41.8 Å². The third-order valence-corrected chi connectivity index (χ3v) is 5.84. The van der Waals surface area contributed by atoms with Gasteiger partial charge in [0.15, 0.2) is 0 Å². The summed E-state index contributed by atoms with van der Waals surface area (Å²) in [5.74, 6) is -0.0867.